The number of ether oxygens (including phenoxy) is 1. The molecular formula is C21H25N5O4. The number of anilines is 1. The number of carbonyl (C=O) groups is 2. The SMILES string of the molecule is CCOC(=O)c1cnn(C)c1NC(=O)CN1CCCC(c2nc3ccccc3o2)C1. The summed E-state index contributed by atoms with van der Waals surface area (Å²) in [4.78, 5) is 31.4. The monoisotopic (exact) mass is 411 g/mol. The van der Waals surface area contributed by atoms with Crippen LogP contribution in [0.1, 0.15) is 41.9 Å². The molecule has 1 amide bonds. The van der Waals surface area contributed by atoms with Gasteiger partial charge in [0.2, 0.25) is 5.91 Å². The molecule has 4 rings (SSSR count). The summed E-state index contributed by atoms with van der Waals surface area (Å²) in [6.45, 7) is 3.71. The minimum absolute atomic E-state index is 0.144. The van der Waals surface area contributed by atoms with Crippen LogP contribution in [0.4, 0.5) is 5.82 Å². The van der Waals surface area contributed by atoms with Crippen LogP contribution < -0.4 is 5.32 Å². The summed E-state index contributed by atoms with van der Waals surface area (Å²) in [5.74, 6) is 0.492. The van der Waals surface area contributed by atoms with Gasteiger partial charge in [0, 0.05) is 19.5 Å². The molecule has 9 nitrogen and oxygen atoms in total. The van der Waals surface area contributed by atoms with E-state index in [1.165, 1.54) is 10.9 Å². The Hall–Kier alpha value is -3.20. The lowest BCUT2D eigenvalue weighted by Gasteiger charge is -2.30. The maximum atomic E-state index is 12.7. The summed E-state index contributed by atoms with van der Waals surface area (Å²) in [7, 11) is 1.67. The molecule has 3 heterocycles. The van der Waals surface area contributed by atoms with Crippen molar-refractivity contribution >= 4 is 28.8 Å². The van der Waals surface area contributed by atoms with Crippen LogP contribution in [0.25, 0.3) is 11.1 Å². The molecular weight excluding hydrogens is 386 g/mol. The van der Waals surface area contributed by atoms with E-state index in [0.717, 1.165) is 36.4 Å². The molecule has 158 valence electrons. The van der Waals surface area contributed by atoms with Gasteiger partial charge in [0.05, 0.1) is 19.3 Å². The predicted octanol–water partition coefficient (Wildman–Crippen LogP) is 2.56. The second-order valence-corrected chi connectivity index (χ2v) is 7.39. The zero-order chi connectivity index (χ0) is 21.1. The highest BCUT2D eigenvalue weighted by molar-refractivity contribution is 6.00. The Morgan fingerprint density at radius 3 is 2.97 bits per heavy atom. The Labute approximate surface area is 174 Å². The van der Waals surface area contributed by atoms with Crippen LogP contribution in [0.3, 0.4) is 0 Å². The van der Waals surface area contributed by atoms with Crippen LogP contribution in [0.5, 0.6) is 0 Å². The highest BCUT2D eigenvalue weighted by Gasteiger charge is 2.27. The molecule has 1 aromatic carbocycles. The quantitative estimate of drug-likeness (QED) is 0.622. The van der Waals surface area contributed by atoms with Gasteiger partial charge in [-0.05, 0) is 38.4 Å². The summed E-state index contributed by atoms with van der Waals surface area (Å²) < 4.78 is 12.4. The van der Waals surface area contributed by atoms with Crippen LogP contribution in [0.2, 0.25) is 0 Å². The molecule has 1 aliphatic heterocycles. The number of esters is 1. The largest absolute Gasteiger partial charge is 0.462 e. The Morgan fingerprint density at radius 2 is 2.17 bits per heavy atom. The summed E-state index contributed by atoms with van der Waals surface area (Å²) in [6.07, 6.45) is 3.33. The molecule has 1 unspecified atom stereocenters. The van der Waals surface area contributed by atoms with E-state index in [2.05, 4.69) is 20.3 Å². The highest BCUT2D eigenvalue weighted by atomic mass is 16.5. The summed E-state index contributed by atoms with van der Waals surface area (Å²) in [6, 6.07) is 7.72. The number of hydrogen-bond acceptors (Lipinski definition) is 7. The van der Waals surface area contributed by atoms with Gasteiger partial charge in [0.15, 0.2) is 11.5 Å². The first kappa shape index (κ1) is 20.1. The summed E-state index contributed by atoms with van der Waals surface area (Å²) in [5.41, 5.74) is 1.88. The van der Waals surface area contributed by atoms with Gasteiger partial charge < -0.3 is 14.5 Å². The average Bonchev–Trinajstić information content (AvgIpc) is 3.32. The minimum atomic E-state index is -0.505. The number of nitrogens with zero attached hydrogens (tertiary/aromatic N) is 4. The predicted molar refractivity (Wildman–Crippen MR) is 110 cm³/mol. The van der Waals surface area contributed by atoms with E-state index in [-0.39, 0.29) is 30.5 Å². The van der Waals surface area contributed by atoms with E-state index in [4.69, 9.17) is 9.15 Å². The first-order valence-corrected chi connectivity index (χ1v) is 10.1. The molecule has 0 bridgehead atoms. The number of carbonyl (C=O) groups excluding carboxylic acids is 2. The van der Waals surface area contributed by atoms with Crippen molar-refractivity contribution in [1.82, 2.24) is 19.7 Å². The highest BCUT2D eigenvalue weighted by Crippen LogP contribution is 2.29. The van der Waals surface area contributed by atoms with Crippen molar-refractivity contribution in [3.8, 4) is 0 Å². The van der Waals surface area contributed by atoms with E-state index in [9.17, 15) is 9.59 Å². The van der Waals surface area contributed by atoms with Gasteiger partial charge >= 0.3 is 5.97 Å². The minimum Gasteiger partial charge on any atom is -0.462 e. The number of nitrogens with one attached hydrogen (secondary N) is 1. The van der Waals surface area contributed by atoms with Crippen LogP contribution in [0, 0.1) is 0 Å². The number of para-hydroxylation sites is 2. The van der Waals surface area contributed by atoms with E-state index in [1.807, 2.05) is 24.3 Å². The number of oxazole rings is 1. The molecule has 0 spiro atoms. The molecule has 1 aliphatic rings. The van der Waals surface area contributed by atoms with Gasteiger partial charge in [0.1, 0.15) is 16.9 Å². The molecule has 9 heteroatoms. The number of amides is 1. The molecule has 1 saturated heterocycles. The van der Waals surface area contributed by atoms with Gasteiger partial charge in [-0.25, -0.2) is 9.78 Å². The van der Waals surface area contributed by atoms with Crippen LogP contribution >= 0.6 is 0 Å². The fraction of sp³-hybridized carbons (Fsp3) is 0.429. The fourth-order valence-electron chi connectivity index (χ4n) is 3.78. The number of rotatable bonds is 6. The van der Waals surface area contributed by atoms with Gasteiger partial charge in [-0.3, -0.25) is 14.4 Å². The van der Waals surface area contributed by atoms with Gasteiger partial charge in [-0.1, -0.05) is 12.1 Å². The first-order chi connectivity index (χ1) is 14.5. The lowest BCUT2D eigenvalue weighted by atomic mass is 9.98. The Bertz CT molecular complexity index is 1020. The van der Waals surface area contributed by atoms with Crippen LogP contribution in [0.15, 0.2) is 34.9 Å². The van der Waals surface area contributed by atoms with Crippen LogP contribution in [-0.4, -0.2) is 57.8 Å². The van der Waals surface area contributed by atoms with E-state index in [0.29, 0.717) is 12.4 Å². The molecule has 30 heavy (non-hydrogen) atoms. The number of hydrogen-bond donors (Lipinski definition) is 1. The molecule has 2 aromatic heterocycles. The Morgan fingerprint density at radius 1 is 1.33 bits per heavy atom. The Balaban J connectivity index is 1.40. The van der Waals surface area contributed by atoms with E-state index in [1.54, 1.807) is 14.0 Å². The first-order valence-electron chi connectivity index (χ1n) is 10.1. The molecule has 0 saturated carbocycles. The van der Waals surface area contributed by atoms with Crippen molar-refractivity contribution in [2.24, 2.45) is 7.05 Å². The van der Waals surface area contributed by atoms with Gasteiger partial charge in [-0.15, -0.1) is 0 Å². The Kier molecular flexibility index (Phi) is 5.80. The van der Waals surface area contributed by atoms with Crippen molar-refractivity contribution in [1.29, 1.82) is 0 Å². The molecule has 1 atom stereocenters. The maximum absolute atomic E-state index is 12.7. The normalized spacial score (nSPS) is 17.2. The molecule has 3 aromatic rings. The van der Waals surface area contributed by atoms with Crippen molar-refractivity contribution in [3.63, 3.8) is 0 Å². The van der Waals surface area contributed by atoms with Crippen molar-refractivity contribution in [2.45, 2.75) is 25.7 Å². The third kappa shape index (κ3) is 4.20. The zero-order valence-corrected chi connectivity index (χ0v) is 17.1. The number of benzene rings is 1. The second-order valence-electron chi connectivity index (χ2n) is 7.39. The average molecular weight is 411 g/mol. The third-order valence-corrected chi connectivity index (χ3v) is 5.22. The molecule has 1 fully saturated rings. The van der Waals surface area contributed by atoms with Crippen molar-refractivity contribution in [2.75, 3.05) is 31.6 Å². The number of aryl methyl sites for hydroxylation is 1. The van der Waals surface area contributed by atoms with E-state index >= 15 is 0 Å². The summed E-state index contributed by atoms with van der Waals surface area (Å²) >= 11 is 0. The number of aromatic nitrogens is 3. The lowest BCUT2D eigenvalue weighted by molar-refractivity contribution is -0.117. The number of likely N-dealkylation sites (tertiary alicyclic amines) is 1. The smallest absolute Gasteiger partial charge is 0.343 e. The van der Waals surface area contributed by atoms with Gasteiger partial charge in [0.25, 0.3) is 0 Å². The second kappa shape index (κ2) is 8.66. The van der Waals surface area contributed by atoms with Crippen molar-refractivity contribution < 1.29 is 18.7 Å². The third-order valence-electron chi connectivity index (χ3n) is 5.22. The zero-order valence-electron chi connectivity index (χ0n) is 17.1. The molecule has 0 radical (unpaired) electrons. The molecule has 1 N–H and O–H groups in total. The maximum Gasteiger partial charge on any atom is 0.343 e. The van der Waals surface area contributed by atoms with Gasteiger partial charge in [-0.2, -0.15) is 5.10 Å². The van der Waals surface area contributed by atoms with Crippen molar-refractivity contribution in [3.05, 3.63) is 41.9 Å². The number of fused-ring (bicyclic) bond motifs is 1. The molecule has 0 aliphatic carbocycles. The summed E-state index contributed by atoms with van der Waals surface area (Å²) in [5, 5.41) is 6.86. The fourth-order valence-corrected chi connectivity index (χ4v) is 3.78. The topological polar surface area (TPSA) is 102 Å². The van der Waals surface area contributed by atoms with Crippen LogP contribution in [-0.2, 0) is 16.6 Å². The standard InChI is InChI=1S/C21H25N5O4/c1-3-29-21(28)15-11-22-25(2)19(15)24-18(27)13-26-10-6-7-14(12-26)20-23-16-8-4-5-9-17(16)30-20/h4-5,8-9,11,14H,3,6-7,10,12-13H2,1-2H3,(H,24,27). The number of piperidine rings is 1. The lowest BCUT2D eigenvalue weighted by Crippen LogP contribution is -2.40. The van der Waals surface area contributed by atoms with E-state index < -0.39 is 5.97 Å².